The monoisotopic (exact) mass is 603 g/mol. The summed E-state index contributed by atoms with van der Waals surface area (Å²) in [6.45, 7) is 5.91. The third-order valence-electron chi connectivity index (χ3n) is 8.22. The predicted molar refractivity (Wildman–Crippen MR) is 173 cm³/mol. The molecule has 0 heterocycles. The Morgan fingerprint density at radius 3 is 2.07 bits per heavy atom. The van der Waals surface area contributed by atoms with E-state index in [9.17, 15) is 18.0 Å². The second-order valence-electron chi connectivity index (χ2n) is 12.1. The standard InChI is InChI=1S/C35H45N3O4S/c1-26(2)30-19-21-32(22-20-30)38(43(4,41)42)25-34(39)37(24-29-17-15-27(3)16-18-29)33(23-28-11-7-5-8-12-28)35(40)36-31-13-9-6-10-14-31/h5,7-8,11-12,15-22,26,31,33H,6,9-10,13-14,23-25H2,1-4H3,(H,36,40). The lowest BCUT2D eigenvalue weighted by atomic mass is 9.94. The molecule has 1 saturated carbocycles. The average Bonchev–Trinajstić information content (AvgIpc) is 2.99. The first-order chi connectivity index (χ1) is 20.5. The number of aryl methyl sites for hydroxylation is 1. The number of hydrogen-bond donors (Lipinski definition) is 1. The first kappa shape index (κ1) is 32.3. The molecule has 43 heavy (non-hydrogen) atoms. The van der Waals surface area contributed by atoms with Gasteiger partial charge in [-0.15, -0.1) is 0 Å². The van der Waals surface area contributed by atoms with Gasteiger partial charge in [0.15, 0.2) is 0 Å². The Hall–Kier alpha value is -3.65. The Morgan fingerprint density at radius 1 is 0.860 bits per heavy atom. The van der Waals surface area contributed by atoms with Gasteiger partial charge in [0.05, 0.1) is 11.9 Å². The van der Waals surface area contributed by atoms with Gasteiger partial charge in [-0.05, 0) is 54.5 Å². The summed E-state index contributed by atoms with van der Waals surface area (Å²) in [6, 6.07) is 24.0. The number of anilines is 1. The average molecular weight is 604 g/mol. The van der Waals surface area contributed by atoms with Crippen LogP contribution in [-0.4, -0.2) is 50.0 Å². The highest BCUT2D eigenvalue weighted by molar-refractivity contribution is 7.92. The van der Waals surface area contributed by atoms with Crippen LogP contribution in [0.2, 0.25) is 0 Å². The van der Waals surface area contributed by atoms with Gasteiger partial charge in [-0.1, -0.05) is 105 Å². The minimum atomic E-state index is -3.80. The summed E-state index contributed by atoms with van der Waals surface area (Å²) in [4.78, 5) is 29.9. The van der Waals surface area contributed by atoms with E-state index in [1.165, 1.54) is 0 Å². The molecule has 7 nitrogen and oxygen atoms in total. The molecule has 1 unspecified atom stereocenters. The Morgan fingerprint density at radius 2 is 1.49 bits per heavy atom. The largest absolute Gasteiger partial charge is 0.352 e. The van der Waals surface area contributed by atoms with Crippen LogP contribution in [0.1, 0.15) is 74.1 Å². The maximum Gasteiger partial charge on any atom is 0.244 e. The molecule has 4 rings (SSSR count). The molecule has 1 atom stereocenters. The van der Waals surface area contributed by atoms with Gasteiger partial charge in [-0.2, -0.15) is 0 Å². The number of nitrogens with one attached hydrogen (secondary N) is 1. The maximum atomic E-state index is 14.3. The Labute approximate surface area is 257 Å². The fourth-order valence-electron chi connectivity index (χ4n) is 5.63. The SMILES string of the molecule is Cc1ccc(CN(C(=O)CN(c2ccc(C(C)C)cc2)S(C)(=O)=O)C(Cc2ccccc2)C(=O)NC2CCCCC2)cc1. The first-order valence-electron chi connectivity index (χ1n) is 15.3. The third kappa shape index (κ3) is 9.17. The zero-order chi connectivity index (χ0) is 31.0. The summed E-state index contributed by atoms with van der Waals surface area (Å²) < 4.78 is 27.2. The normalized spacial score (nSPS) is 14.7. The highest BCUT2D eigenvalue weighted by atomic mass is 32.2. The van der Waals surface area contributed by atoms with E-state index in [4.69, 9.17) is 0 Å². The highest BCUT2D eigenvalue weighted by Gasteiger charge is 2.34. The Kier molecular flexibility index (Phi) is 11.0. The second kappa shape index (κ2) is 14.7. The van der Waals surface area contributed by atoms with E-state index in [1.807, 2.05) is 73.7 Å². The zero-order valence-corrected chi connectivity index (χ0v) is 26.6. The predicted octanol–water partition coefficient (Wildman–Crippen LogP) is 5.97. The molecule has 1 N–H and O–H groups in total. The molecule has 2 amide bonds. The van der Waals surface area contributed by atoms with E-state index < -0.39 is 28.5 Å². The molecular formula is C35H45N3O4S. The Balaban J connectivity index is 1.71. The van der Waals surface area contributed by atoms with Crippen molar-refractivity contribution in [2.75, 3.05) is 17.1 Å². The summed E-state index contributed by atoms with van der Waals surface area (Å²) in [5, 5.41) is 3.24. The van der Waals surface area contributed by atoms with E-state index >= 15 is 0 Å². The van der Waals surface area contributed by atoms with Crippen LogP contribution in [-0.2, 0) is 32.6 Å². The molecule has 0 radical (unpaired) electrons. The van der Waals surface area contributed by atoms with Gasteiger partial charge in [-0.25, -0.2) is 8.42 Å². The molecule has 230 valence electrons. The number of nitrogens with zero attached hydrogens (tertiary/aromatic N) is 2. The van der Waals surface area contributed by atoms with Crippen LogP contribution in [0.4, 0.5) is 5.69 Å². The van der Waals surface area contributed by atoms with E-state index in [2.05, 4.69) is 19.2 Å². The highest BCUT2D eigenvalue weighted by Crippen LogP contribution is 2.24. The molecule has 0 aromatic heterocycles. The van der Waals surface area contributed by atoms with Crippen molar-refractivity contribution in [2.24, 2.45) is 0 Å². The summed E-state index contributed by atoms with van der Waals surface area (Å²) in [5.74, 6) is -0.351. The van der Waals surface area contributed by atoms with Gasteiger partial charge in [0.1, 0.15) is 12.6 Å². The van der Waals surface area contributed by atoms with Gasteiger partial charge in [0.2, 0.25) is 21.8 Å². The molecule has 0 bridgehead atoms. The molecule has 1 aliphatic carbocycles. The van der Waals surface area contributed by atoms with E-state index in [1.54, 1.807) is 17.0 Å². The molecule has 0 spiro atoms. The van der Waals surface area contributed by atoms with Crippen molar-refractivity contribution in [3.63, 3.8) is 0 Å². The molecule has 3 aromatic carbocycles. The minimum Gasteiger partial charge on any atom is -0.352 e. The van der Waals surface area contributed by atoms with Crippen molar-refractivity contribution in [3.8, 4) is 0 Å². The van der Waals surface area contributed by atoms with Crippen LogP contribution in [0.5, 0.6) is 0 Å². The van der Waals surface area contributed by atoms with E-state index in [-0.39, 0.29) is 24.4 Å². The number of sulfonamides is 1. The second-order valence-corrected chi connectivity index (χ2v) is 14.0. The number of carbonyl (C=O) groups excluding carboxylic acids is 2. The number of hydrogen-bond acceptors (Lipinski definition) is 4. The molecular weight excluding hydrogens is 558 g/mol. The molecule has 0 aliphatic heterocycles. The van der Waals surface area contributed by atoms with Gasteiger partial charge in [0.25, 0.3) is 0 Å². The van der Waals surface area contributed by atoms with Gasteiger partial charge in [-0.3, -0.25) is 13.9 Å². The van der Waals surface area contributed by atoms with Crippen LogP contribution in [0.15, 0.2) is 78.9 Å². The number of benzene rings is 3. The lowest BCUT2D eigenvalue weighted by Crippen LogP contribution is -2.55. The fourth-order valence-corrected chi connectivity index (χ4v) is 6.48. The van der Waals surface area contributed by atoms with Crippen molar-refractivity contribution in [3.05, 3.63) is 101 Å². The van der Waals surface area contributed by atoms with Crippen LogP contribution < -0.4 is 9.62 Å². The Bertz CT molecular complexity index is 1450. The first-order valence-corrected chi connectivity index (χ1v) is 17.1. The van der Waals surface area contributed by atoms with E-state index in [0.717, 1.165) is 64.9 Å². The molecule has 8 heteroatoms. The lowest BCUT2D eigenvalue weighted by molar-refractivity contribution is -0.140. The number of carbonyl (C=O) groups is 2. The molecule has 1 aliphatic rings. The van der Waals surface area contributed by atoms with Crippen LogP contribution in [0, 0.1) is 6.92 Å². The third-order valence-corrected chi connectivity index (χ3v) is 9.36. The molecule has 0 saturated heterocycles. The summed E-state index contributed by atoms with van der Waals surface area (Å²) in [6.07, 6.45) is 6.57. The quantitative estimate of drug-likeness (QED) is 0.276. The number of rotatable bonds is 12. The van der Waals surface area contributed by atoms with Crippen molar-refractivity contribution in [1.82, 2.24) is 10.2 Å². The minimum absolute atomic E-state index is 0.0721. The van der Waals surface area contributed by atoms with Crippen molar-refractivity contribution >= 4 is 27.5 Å². The number of amides is 2. The maximum absolute atomic E-state index is 14.3. The smallest absolute Gasteiger partial charge is 0.244 e. The molecule has 1 fully saturated rings. The van der Waals surface area contributed by atoms with Gasteiger partial charge < -0.3 is 10.2 Å². The topological polar surface area (TPSA) is 86.8 Å². The van der Waals surface area contributed by atoms with Gasteiger partial charge in [0, 0.05) is 19.0 Å². The fraction of sp³-hybridized carbons (Fsp3) is 0.429. The summed E-state index contributed by atoms with van der Waals surface area (Å²) in [7, 11) is -3.80. The van der Waals surface area contributed by atoms with Crippen molar-refractivity contribution < 1.29 is 18.0 Å². The lowest BCUT2D eigenvalue weighted by Gasteiger charge is -2.35. The van der Waals surface area contributed by atoms with Crippen molar-refractivity contribution in [2.45, 2.75) is 83.8 Å². The van der Waals surface area contributed by atoms with Crippen LogP contribution in [0.25, 0.3) is 0 Å². The van der Waals surface area contributed by atoms with Crippen LogP contribution in [0.3, 0.4) is 0 Å². The summed E-state index contributed by atoms with van der Waals surface area (Å²) in [5.41, 5.74) is 4.38. The van der Waals surface area contributed by atoms with Crippen LogP contribution >= 0.6 is 0 Å². The van der Waals surface area contributed by atoms with Gasteiger partial charge >= 0.3 is 0 Å². The zero-order valence-electron chi connectivity index (χ0n) is 25.8. The van der Waals surface area contributed by atoms with Crippen molar-refractivity contribution in [1.29, 1.82) is 0 Å². The summed E-state index contributed by atoms with van der Waals surface area (Å²) >= 11 is 0. The van der Waals surface area contributed by atoms with E-state index in [0.29, 0.717) is 12.1 Å². The molecule has 3 aromatic rings.